The molecule has 1 aliphatic rings. The molecule has 0 amide bonds. The molecule has 6 heteroatoms. The molecule has 1 saturated carbocycles. The molecule has 114 valence electrons. The van der Waals surface area contributed by atoms with Crippen LogP contribution in [0.25, 0.3) is 11.0 Å². The fraction of sp³-hybridized carbons (Fsp3) is 0.500. The van der Waals surface area contributed by atoms with Crippen LogP contribution in [-0.2, 0) is 0 Å². The molecule has 0 radical (unpaired) electrons. The average molecular weight is 320 g/mol. The maximum atomic E-state index is 12.4. The van der Waals surface area contributed by atoms with Crippen molar-refractivity contribution < 1.29 is 8.91 Å². The molecule has 3 rings (SSSR count). The maximum Gasteiger partial charge on any atom is 0.195 e. The van der Waals surface area contributed by atoms with Crippen molar-refractivity contribution in [1.82, 2.24) is 14.5 Å². The largest absolute Gasteiger partial charge is 0.318 e. The van der Waals surface area contributed by atoms with Crippen LogP contribution in [-0.4, -0.2) is 20.3 Å². The lowest BCUT2D eigenvalue weighted by Gasteiger charge is -2.29. The average Bonchev–Trinajstić information content (AvgIpc) is 2.92. The number of carbonyl (C=O) groups excluding carboxylic acids is 1. The van der Waals surface area contributed by atoms with Gasteiger partial charge in [-0.3, -0.25) is 4.79 Å². The van der Waals surface area contributed by atoms with Crippen molar-refractivity contribution in [1.29, 1.82) is 5.26 Å². The third kappa shape index (κ3) is 2.71. The van der Waals surface area contributed by atoms with E-state index in [9.17, 15) is 4.79 Å². The number of fused-ring (bicyclic) bond motifs is 1. The Bertz CT molecular complexity index is 847. The molecule has 2 heterocycles. The van der Waals surface area contributed by atoms with Crippen LogP contribution in [0, 0.1) is 17.2 Å². The first-order valence-electron chi connectivity index (χ1n) is 8.76. The Balaban J connectivity index is 2.04. The first-order chi connectivity index (χ1) is 11.8. The van der Waals surface area contributed by atoms with E-state index in [2.05, 4.69) is 16.0 Å². The number of hydrogen-bond acceptors (Lipinski definition) is 4. The molecular formula is C16H17ClN4O. The van der Waals surface area contributed by atoms with Crippen LogP contribution in [0.5, 0.6) is 0 Å². The van der Waals surface area contributed by atoms with Crippen molar-refractivity contribution >= 4 is 28.4 Å². The van der Waals surface area contributed by atoms with E-state index in [4.69, 9.17) is 21.0 Å². The van der Waals surface area contributed by atoms with E-state index in [-0.39, 0.29) is 17.0 Å². The van der Waals surface area contributed by atoms with Gasteiger partial charge in [-0.25, -0.2) is 9.97 Å². The molecule has 0 aliphatic heterocycles. The summed E-state index contributed by atoms with van der Waals surface area (Å²) in [4.78, 5) is 20.6. The molecule has 0 spiro atoms. The lowest BCUT2D eigenvalue weighted by atomic mass is 9.84. The lowest BCUT2D eigenvalue weighted by molar-refractivity contribution is 0.0995. The van der Waals surface area contributed by atoms with E-state index in [0.717, 1.165) is 25.7 Å². The number of halogens is 1. The minimum atomic E-state index is -2.76. The van der Waals surface area contributed by atoms with Crippen LogP contribution >= 0.6 is 11.6 Å². The molecule has 1 fully saturated rings. The van der Waals surface area contributed by atoms with Crippen LogP contribution in [0.2, 0.25) is 5.15 Å². The molecular weight excluding hydrogens is 300 g/mol. The Morgan fingerprint density at radius 3 is 3.00 bits per heavy atom. The summed E-state index contributed by atoms with van der Waals surface area (Å²) in [7, 11) is 0. The highest BCUT2D eigenvalue weighted by Crippen LogP contribution is 2.36. The monoisotopic (exact) mass is 319 g/mol. The lowest BCUT2D eigenvalue weighted by Crippen LogP contribution is -2.21. The van der Waals surface area contributed by atoms with Gasteiger partial charge in [0, 0.05) is 29.5 Å². The van der Waals surface area contributed by atoms with E-state index in [1.807, 2.05) is 0 Å². The summed E-state index contributed by atoms with van der Waals surface area (Å²) in [6.45, 7) is -2.76. The number of nitriles is 1. The first kappa shape index (κ1) is 11.6. The number of carbonyl (C=O) groups is 1. The molecule has 2 aromatic heterocycles. The van der Waals surface area contributed by atoms with Crippen LogP contribution in [0.3, 0.4) is 0 Å². The van der Waals surface area contributed by atoms with E-state index in [1.165, 1.54) is 6.20 Å². The predicted octanol–water partition coefficient (Wildman–Crippen LogP) is 3.93. The van der Waals surface area contributed by atoms with Gasteiger partial charge in [0.25, 0.3) is 0 Å². The Hall–Kier alpha value is -1.93. The summed E-state index contributed by atoms with van der Waals surface area (Å²) in [6, 6.07) is 3.77. The van der Waals surface area contributed by atoms with Crippen molar-refractivity contribution in [2.45, 2.75) is 45.0 Å². The summed E-state index contributed by atoms with van der Waals surface area (Å²) in [6.07, 6.45) is 5.22. The molecule has 5 nitrogen and oxygen atoms in total. The highest BCUT2D eigenvalue weighted by molar-refractivity contribution is 6.30. The maximum absolute atomic E-state index is 12.4. The Morgan fingerprint density at radius 2 is 2.32 bits per heavy atom. The van der Waals surface area contributed by atoms with Gasteiger partial charge in [0.2, 0.25) is 0 Å². The molecule has 0 aromatic carbocycles. The highest BCUT2D eigenvalue weighted by atomic mass is 35.5. The number of imidazole rings is 1. The van der Waals surface area contributed by atoms with Crippen LogP contribution in [0.15, 0.2) is 12.3 Å². The Kier molecular flexibility index (Phi) is 3.20. The normalized spacial score (nSPS) is 24.3. The third-order valence-corrected chi connectivity index (χ3v) is 4.51. The minimum Gasteiger partial charge on any atom is -0.318 e. The van der Waals surface area contributed by atoms with E-state index >= 15 is 0 Å². The molecule has 0 unspecified atom stereocenters. The zero-order valence-electron chi connectivity index (χ0n) is 14.9. The van der Waals surface area contributed by atoms with E-state index in [0.29, 0.717) is 23.4 Å². The number of Topliss-reactive ketones (excluding diaryl/α,β-unsaturated/α-hetero) is 1. The molecule has 0 bridgehead atoms. The molecule has 22 heavy (non-hydrogen) atoms. The quantitative estimate of drug-likeness (QED) is 0.634. The number of ketones is 1. The highest BCUT2D eigenvalue weighted by Gasteiger charge is 2.27. The second-order valence-corrected chi connectivity index (χ2v) is 6.05. The second-order valence-electron chi connectivity index (χ2n) is 5.67. The predicted molar refractivity (Wildman–Crippen MR) is 83.8 cm³/mol. The van der Waals surface area contributed by atoms with Gasteiger partial charge in [-0.15, -0.1) is 0 Å². The van der Waals surface area contributed by atoms with Crippen molar-refractivity contribution in [3.63, 3.8) is 0 Å². The second kappa shape index (κ2) is 6.05. The summed E-state index contributed by atoms with van der Waals surface area (Å²) in [5.41, 5.74) is 1.08. The zero-order valence-corrected chi connectivity index (χ0v) is 12.7. The minimum absolute atomic E-state index is 0.0419. The topological polar surface area (TPSA) is 71.6 Å². The number of nitrogens with zero attached hydrogens (tertiary/aromatic N) is 4. The van der Waals surface area contributed by atoms with Gasteiger partial charge >= 0.3 is 0 Å². The summed E-state index contributed by atoms with van der Waals surface area (Å²) < 4.78 is 24.0. The van der Waals surface area contributed by atoms with Gasteiger partial charge < -0.3 is 4.57 Å². The molecule has 0 atom stereocenters. The van der Waals surface area contributed by atoms with Gasteiger partial charge in [-0.2, -0.15) is 5.26 Å². The van der Waals surface area contributed by atoms with Gasteiger partial charge in [-0.1, -0.05) is 11.6 Å². The van der Waals surface area contributed by atoms with Crippen molar-refractivity contribution in [3.05, 3.63) is 23.2 Å². The van der Waals surface area contributed by atoms with Gasteiger partial charge in [0.15, 0.2) is 11.6 Å². The number of hydrogen-bond donors (Lipinski definition) is 0. The third-order valence-electron chi connectivity index (χ3n) is 4.31. The van der Waals surface area contributed by atoms with Crippen LogP contribution < -0.4 is 0 Å². The summed E-state index contributed by atoms with van der Waals surface area (Å²) >= 11 is 5.99. The summed E-state index contributed by atoms with van der Waals surface area (Å²) in [5, 5.41) is 9.12. The number of rotatable bonds is 3. The summed E-state index contributed by atoms with van der Waals surface area (Å²) in [5.74, 6) is -0.690. The van der Waals surface area contributed by atoms with Gasteiger partial charge in [0.05, 0.1) is 17.8 Å². The van der Waals surface area contributed by atoms with E-state index in [1.54, 1.807) is 10.6 Å². The molecule has 2 aromatic rings. The Morgan fingerprint density at radius 1 is 1.55 bits per heavy atom. The van der Waals surface area contributed by atoms with Crippen molar-refractivity contribution in [2.75, 3.05) is 0 Å². The Labute approximate surface area is 138 Å². The van der Waals surface area contributed by atoms with Gasteiger partial charge in [-0.05, 0) is 31.6 Å². The number of aromatic nitrogens is 3. The fourth-order valence-electron chi connectivity index (χ4n) is 3.24. The molecule has 0 N–H and O–H groups in total. The van der Waals surface area contributed by atoms with Crippen molar-refractivity contribution in [3.8, 4) is 6.07 Å². The molecule has 1 aliphatic carbocycles. The zero-order chi connectivity index (χ0) is 18.2. The fourth-order valence-corrected chi connectivity index (χ4v) is 3.39. The molecule has 0 saturated heterocycles. The standard InChI is InChI=1S/C16H17ClN4O/c1-10(22)16-20-13-9-19-15(17)8-14(13)21(16)12-4-2-11(3-5-12)6-7-18/h8-9,11-12H,2-6H2,1H3/t11-,12-/i1D3. The first-order valence-corrected chi connectivity index (χ1v) is 7.64. The van der Waals surface area contributed by atoms with Gasteiger partial charge in [0.1, 0.15) is 10.7 Å². The van der Waals surface area contributed by atoms with Crippen LogP contribution in [0.1, 0.15) is 59.7 Å². The van der Waals surface area contributed by atoms with E-state index < -0.39 is 12.6 Å². The van der Waals surface area contributed by atoms with Crippen LogP contribution in [0.4, 0.5) is 0 Å². The number of pyridine rings is 1. The SMILES string of the molecule is [2H]C([2H])([2H])C(=O)c1nc2cnc(Cl)cc2n1[C@H]1CC[C@H](CC#N)CC1. The van der Waals surface area contributed by atoms with Crippen molar-refractivity contribution in [2.24, 2.45) is 5.92 Å². The smallest absolute Gasteiger partial charge is 0.195 e.